The second kappa shape index (κ2) is 7.41. The predicted octanol–water partition coefficient (Wildman–Crippen LogP) is 4.19. The summed E-state index contributed by atoms with van der Waals surface area (Å²) in [4.78, 5) is 18.7. The number of fused-ring (bicyclic) bond motifs is 1. The highest BCUT2D eigenvalue weighted by Crippen LogP contribution is 2.34. The zero-order valence-electron chi connectivity index (χ0n) is 16.9. The zero-order valence-corrected chi connectivity index (χ0v) is 16.9. The summed E-state index contributed by atoms with van der Waals surface area (Å²) >= 11 is 0. The highest BCUT2D eigenvalue weighted by atomic mass is 19.4. The Morgan fingerprint density at radius 2 is 1.90 bits per heavy atom. The van der Waals surface area contributed by atoms with Crippen LogP contribution in [0.2, 0.25) is 0 Å². The minimum Gasteiger partial charge on any atom is -0.360 e. The molecule has 0 aliphatic carbocycles. The van der Waals surface area contributed by atoms with Gasteiger partial charge in [-0.1, -0.05) is 19.0 Å². The number of alkyl halides is 3. The van der Waals surface area contributed by atoms with Crippen molar-refractivity contribution in [2.75, 3.05) is 13.1 Å². The number of hydrogen-bond donors (Lipinski definition) is 0. The maximum Gasteiger partial charge on any atom is 0.433 e. The van der Waals surface area contributed by atoms with E-state index in [1.165, 1.54) is 6.07 Å². The Labute approximate surface area is 170 Å². The molecular weight excluding hydrogens is 399 g/mol. The molecule has 30 heavy (non-hydrogen) atoms. The number of rotatable bonds is 3. The van der Waals surface area contributed by atoms with Crippen LogP contribution in [-0.2, 0) is 6.18 Å². The number of aryl methyl sites for hydroxylation is 1. The second-order valence-corrected chi connectivity index (χ2v) is 7.96. The Morgan fingerprint density at radius 1 is 1.20 bits per heavy atom. The van der Waals surface area contributed by atoms with Gasteiger partial charge in [-0.05, 0) is 25.8 Å². The average molecular weight is 421 g/mol. The van der Waals surface area contributed by atoms with Gasteiger partial charge in [0.15, 0.2) is 11.3 Å². The molecule has 10 heteroatoms. The van der Waals surface area contributed by atoms with Gasteiger partial charge in [0.1, 0.15) is 11.5 Å². The van der Waals surface area contributed by atoms with E-state index in [-0.39, 0.29) is 29.1 Å². The molecule has 0 bridgehead atoms. The number of carbonyl (C=O) groups is 1. The Kier molecular flexibility index (Phi) is 5.03. The van der Waals surface area contributed by atoms with E-state index >= 15 is 0 Å². The maximum atomic E-state index is 13.5. The molecule has 7 nitrogen and oxygen atoms in total. The van der Waals surface area contributed by atoms with Gasteiger partial charge in [0.25, 0.3) is 5.91 Å². The fourth-order valence-corrected chi connectivity index (χ4v) is 3.72. The first-order valence-electron chi connectivity index (χ1n) is 9.84. The fraction of sp³-hybridized carbons (Fsp3) is 0.500. The molecule has 1 saturated heterocycles. The lowest BCUT2D eigenvalue weighted by molar-refractivity contribution is -0.142. The summed E-state index contributed by atoms with van der Waals surface area (Å²) in [6.07, 6.45) is -3.49. The monoisotopic (exact) mass is 421 g/mol. The quantitative estimate of drug-likeness (QED) is 0.634. The van der Waals surface area contributed by atoms with E-state index in [4.69, 9.17) is 4.52 Å². The van der Waals surface area contributed by atoms with E-state index in [0.717, 1.165) is 10.6 Å². The van der Waals surface area contributed by atoms with Gasteiger partial charge in [0.2, 0.25) is 0 Å². The second-order valence-electron chi connectivity index (χ2n) is 7.96. The number of nitrogens with zero attached hydrogens (tertiary/aromatic N) is 5. The van der Waals surface area contributed by atoms with Crippen LogP contribution in [0.1, 0.15) is 71.9 Å². The summed E-state index contributed by atoms with van der Waals surface area (Å²) in [5.74, 6) is 0.371. The molecule has 1 amide bonds. The van der Waals surface area contributed by atoms with Crippen molar-refractivity contribution in [3.8, 4) is 0 Å². The van der Waals surface area contributed by atoms with Crippen molar-refractivity contribution in [2.24, 2.45) is 0 Å². The van der Waals surface area contributed by atoms with E-state index in [0.29, 0.717) is 43.1 Å². The van der Waals surface area contributed by atoms with Crippen molar-refractivity contribution >= 4 is 11.6 Å². The normalized spacial score (nSPS) is 16.0. The molecular formula is C20H22F3N5O2. The minimum atomic E-state index is -4.54. The molecule has 160 valence electrons. The maximum absolute atomic E-state index is 13.5. The Morgan fingerprint density at radius 3 is 2.50 bits per heavy atom. The molecule has 0 atom stereocenters. The molecule has 0 radical (unpaired) electrons. The number of amides is 1. The molecule has 0 spiro atoms. The lowest BCUT2D eigenvalue weighted by Crippen LogP contribution is -2.38. The molecule has 1 aliphatic heterocycles. The first-order chi connectivity index (χ1) is 14.1. The molecule has 0 aromatic carbocycles. The van der Waals surface area contributed by atoms with Gasteiger partial charge in [0.05, 0.1) is 5.69 Å². The van der Waals surface area contributed by atoms with E-state index < -0.39 is 11.9 Å². The van der Waals surface area contributed by atoms with Gasteiger partial charge in [-0.3, -0.25) is 4.79 Å². The third-order valence-corrected chi connectivity index (χ3v) is 5.38. The van der Waals surface area contributed by atoms with Crippen molar-refractivity contribution in [1.82, 2.24) is 24.7 Å². The van der Waals surface area contributed by atoms with Crippen molar-refractivity contribution in [1.29, 1.82) is 0 Å². The van der Waals surface area contributed by atoms with Crippen LogP contribution in [0.25, 0.3) is 5.65 Å². The van der Waals surface area contributed by atoms with Gasteiger partial charge in [-0.2, -0.15) is 18.3 Å². The molecule has 3 aromatic rings. The van der Waals surface area contributed by atoms with Crippen LogP contribution in [0.4, 0.5) is 13.2 Å². The Balaban J connectivity index is 1.52. The third kappa shape index (κ3) is 3.78. The SMILES string of the molecule is Cc1cc2nc(C3CCN(C(=O)c4cc(C(C)C)on4)CC3)cc(C(F)(F)F)n2n1. The van der Waals surface area contributed by atoms with Crippen molar-refractivity contribution in [2.45, 2.75) is 51.6 Å². The van der Waals surface area contributed by atoms with Crippen molar-refractivity contribution in [3.63, 3.8) is 0 Å². The molecule has 3 aromatic heterocycles. The van der Waals surface area contributed by atoms with Crippen LogP contribution in [-0.4, -0.2) is 43.7 Å². The zero-order chi connectivity index (χ0) is 21.6. The smallest absolute Gasteiger partial charge is 0.360 e. The van der Waals surface area contributed by atoms with E-state index in [2.05, 4.69) is 15.2 Å². The van der Waals surface area contributed by atoms with E-state index in [1.807, 2.05) is 13.8 Å². The summed E-state index contributed by atoms with van der Waals surface area (Å²) in [6.45, 7) is 6.36. The summed E-state index contributed by atoms with van der Waals surface area (Å²) in [5.41, 5.74) is 0.452. The van der Waals surface area contributed by atoms with Gasteiger partial charge in [0, 0.05) is 42.8 Å². The lowest BCUT2D eigenvalue weighted by atomic mass is 9.92. The number of piperidine rings is 1. The van der Waals surface area contributed by atoms with E-state index in [1.54, 1.807) is 17.9 Å². The molecule has 1 fully saturated rings. The molecule has 0 unspecified atom stereocenters. The molecule has 4 heterocycles. The van der Waals surface area contributed by atoms with Crippen LogP contribution < -0.4 is 0 Å². The fourth-order valence-electron chi connectivity index (χ4n) is 3.72. The van der Waals surface area contributed by atoms with Crippen LogP contribution in [0.3, 0.4) is 0 Å². The average Bonchev–Trinajstić information content (AvgIpc) is 3.32. The Hall–Kier alpha value is -2.91. The van der Waals surface area contributed by atoms with Gasteiger partial charge in [-0.25, -0.2) is 9.50 Å². The number of aromatic nitrogens is 4. The number of halogens is 3. The van der Waals surface area contributed by atoms with Crippen LogP contribution in [0.5, 0.6) is 0 Å². The first-order valence-corrected chi connectivity index (χ1v) is 9.84. The highest BCUT2D eigenvalue weighted by molar-refractivity contribution is 5.92. The molecule has 4 rings (SSSR count). The van der Waals surface area contributed by atoms with Gasteiger partial charge >= 0.3 is 6.18 Å². The minimum absolute atomic E-state index is 0.126. The number of hydrogen-bond acceptors (Lipinski definition) is 5. The predicted molar refractivity (Wildman–Crippen MR) is 101 cm³/mol. The highest BCUT2D eigenvalue weighted by Gasteiger charge is 2.36. The van der Waals surface area contributed by atoms with Crippen molar-refractivity contribution < 1.29 is 22.5 Å². The third-order valence-electron chi connectivity index (χ3n) is 5.38. The van der Waals surface area contributed by atoms with Gasteiger partial charge < -0.3 is 9.42 Å². The lowest BCUT2D eigenvalue weighted by Gasteiger charge is -2.31. The first kappa shape index (κ1) is 20.4. The number of carbonyl (C=O) groups excluding carboxylic acids is 1. The standard InChI is InChI=1S/C20H22F3N5O2/c1-11(2)16-9-15(26-30-16)19(29)27-6-4-13(5-7-27)14-10-17(20(21,22)23)28-18(24-14)8-12(3)25-28/h8-11,13H,4-7H2,1-3H3. The van der Waals surface area contributed by atoms with Crippen LogP contribution in [0, 0.1) is 6.92 Å². The van der Waals surface area contributed by atoms with Crippen LogP contribution >= 0.6 is 0 Å². The van der Waals surface area contributed by atoms with Gasteiger partial charge in [-0.15, -0.1) is 0 Å². The summed E-state index contributed by atoms with van der Waals surface area (Å²) in [7, 11) is 0. The van der Waals surface area contributed by atoms with Crippen molar-refractivity contribution in [3.05, 3.63) is 46.7 Å². The summed E-state index contributed by atoms with van der Waals surface area (Å²) in [6, 6.07) is 4.26. The topological polar surface area (TPSA) is 76.5 Å². The summed E-state index contributed by atoms with van der Waals surface area (Å²) in [5, 5.41) is 7.77. The molecule has 1 aliphatic rings. The number of likely N-dealkylation sites (tertiary alicyclic amines) is 1. The molecule has 0 saturated carbocycles. The van der Waals surface area contributed by atoms with Crippen LogP contribution in [0.15, 0.2) is 22.7 Å². The summed E-state index contributed by atoms with van der Waals surface area (Å²) < 4.78 is 46.6. The molecule has 0 N–H and O–H groups in total. The Bertz CT molecular complexity index is 1080. The largest absolute Gasteiger partial charge is 0.433 e. The van der Waals surface area contributed by atoms with E-state index in [9.17, 15) is 18.0 Å².